The van der Waals surface area contributed by atoms with Gasteiger partial charge >= 0.3 is 0 Å². The maximum Gasteiger partial charge on any atom is 0.0737 e. The summed E-state index contributed by atoms with van der Waals surface area (Å²) in [7, 11) is 0. The summed E-state index contributed by atoms with van der Waals surface area (Å²) >= 11 is 0. The van der Waals surface area contributed by atoms with Crippen molar-refractivity contribution < 1.29 is 9.57 Å². The fraction of sp³-hybridized carbons (Fsp3) is 1.00. The highest BCUT2D eigenvalue weighted by Gasteiger charge is 2.36. The Labute approximate surface area is 124 Å². The minimum absolute atomic E-state index is 0.318. The summed E-state index contributed by atoms with van der Waals surface area (Å²) in [6.07, 6.45) is 3.37. The summed E-state index contributed by atoms with van der Waals surface area (Å²) in [6.45, 7) is 15.2. The SMILES string of the molecule is CC(C)OCCN1CCC(C2CN(OC(C)C)C2)CC1. The van der Waals surface area contributed by atoms with Crippen LogP contribution in [-0.4, -0.2) is 61.5 Å². The number of hydrogen-bond acceptors (Lipinski definition) is 4. The highest BCUT2D eigenvalue weighted by Crippen LogP contribution is 2.32. The average molecular weight is 284 g/mol. The third-order valence-corrected chi connectivity index (χ3v) is 4.39. The van der Waals surface area contributed by atoms with Gasteiger partial charge in [0.2, 0.25) is 0 Å². The molecular weight excluding hydrogens is 252 g/mol. The van der Waals surface area contributed by atoms with Gasteiger partial charge in [-0.3, -0.25) is 4.84 Å². The quantitative estimate of drug-likeness (QED) is 0.717. The fourth-order valence-electron chi connectivity index (χ4n) is 3.22. The molecule has 0 aliphatic carbocycles. The van der Waals surface area contributed by atoms with E-state index in [-0.39, 0.29) is 0 Å². The molecule has 2 rings (SSSR count). The van der Waals surface area contributed by atoms with Gasteiger partial charge in [-0.15, -0.1) is 0 Å². The molecule has 0 radical (unpaired) electrons. The van der Waals surface area contributed by atoms with Crippen molar-refractivity contribution in [1.82, 2.24) is 9.96 Å². The number of hydrogen-bond donors (Lipinski definition) is 0. The second kappa shape index (κ2) is 7.74. The van der Waals surface area contributed by atoms with Gasteiger partial charge in [-0.2, -0.15) is 5.06 Å². The third-order valence-electron chi connectivity index (χ3n) is 4.39. The molecule has 4 heteroatoms. The molecule has 0 N–H and O–H groups in total. The van der Waals surface area contributed by atoms with Gasteiger partial charge < -0.3 is 9.64 Å². The van der Waals surface area contributed by atoms with Gasteiger partial charge in [-0.1, -0.05) is 0 Å². The van der Waals surface area contributed by atoms with Crippen LogP contribution in [0.15, 0.2) is 0 Å². The molecule has 0 bridgehead atoms. The summed E-state index contributed by atoms with van der Waals surface area (Å²) in [5, 5.41) is 2.14. The van der Waals surface area contributed by atoms with E-state index in [1.165, 1.54) is 25.9 Å². The first-order valence-electron chi connectivity index (χ1n) is 8.30. The lowest BCUT2D eigenvalue weighted by Gasteiger charge is -2.45. The predicted molar refractivity (Wildman–Crippen MR) is 81.5 cm³/mol. The molecule has 0 amide bonds. The van der Waals surface area contributed by atoms with Crippen molar-refractivity contribution >= 4 is 0 Å². The summed E-state index contributed by atoms with van der Waals surface area (Å²) in [4.78, 5) is 8.27. The third kappa shape index (κ3) is 4.99. The van der Waals surface area contributed by atoms with Crippen LogP contribution in [0, 0.1) is 11.8 Å². The van der Waals surface area contributed by atoms with Crippen molar-refractivity contribution in [2.45, 2.75) is 52.7 Å². The zero-order valence-electron chi connectivity index (χ0n) is 13.7. The van der Waals surface area contributed by atoms with E-state index >= 15 is 0 Å². The van der Waals surface area contributed by atoms with Gasteiger partial charge in [0.1, 0.15) is 0 Å². The van der Waals surface area contributed by atoms with Gasteiger partial charge in [-0.05, 0) is 65.5 Å². The molecule has 0 aromatic carbocycles. The number of nitrogens with zero attached hydrogens (tertiary/aromatic N) is 2. The predicted octanol–water partition coefficient (Wildman–Crippen LogP) is 2.40. The normalized spacial score (nSPS) is 23.7. The summed E-state index contributed by atoms with van der Waals surface area (Å²) in [5.41, 5.74) is 0. The largest absolute Gasteiger partial charge is 0.377 e. The Hall–Kier alpha value is -0.160. The summed E-state index contributed by atoms with van der Waals surface area (Å²) in [5.74, 6) is 1.77. The molecule has 2 aliphatic heterocycles. The van der Waals surface area contributed by atoms with E-state index in [1.807, 2.05) is 0 Å². The Morgan fingerprint density at radius 2 is 1.60 bits per heavy atom. The highest BCUT2D eigenvalue weighted by molar-refractivity contribution is 4.85. The summed E-state index contributed by atoms with van der Waals surface area (Å²) in [6, 6.07) is 0. The average Bonchev–Trinajstić information content (AvgIpc) is 2.34. The molecule has 0 unspecified atom stereocenters. The number of likely N-dealkylation sites (tertiary alicyclic amines) is 1. The van der Waals surface area contributed by atoms with Crippen LogP contribution in [0.1, 0.15) is 40.5 Å². The molecule has 118 valence electrons. The molecule has 2 saturated heterocycles. The lowest BCUT2D eigenvalue weighted by molar-refractivity contribution is -0.250. The second-order valence-electron chi connectivity index (χ2n) is 6.86. The Kier molecular flexibility index (Phi) is 6.27. The first-order chi connectivity index (χ1) is 9.54. The van der Waals surface area contributed by atoms with Crippen LogP contribution < -0.4 is 0 Å². The molecule has 2 fully saturated rings. The van der Waals surface area contributed by atoms with E-state index in [4.69, 9.17) is 9.57 Å². The number of ether oxygens (including phenoxy) is 1. The molecular formula is C16H32N2O2. The minimum atomic E-state index is 0.318. The Bertz CT molecular complexity index is 270. The van der Waals surface area contributed by atoms with E-state index in [9.17, 15) is 0 Å². The molecule has 20 heavy (non-hydrogen) atoms. The van der Waals surface area contributed by atoms with E-state index in [2.05, 4.69) is 37.7 Å². The molecule has 0 spiro atoms. The molecule has 0 saturated carbocycles. The standard InChI is InChI=1S/C16H32N2O2/c1-13(2)19-10-9-17-7-5-15(6-8-17)16-11-18(12-16)20-14(3)4/h13-16H,5-12H2,1-4H3. The van der Waals surface area contributed by atoms with Crippen LogP contribution in [0.5, 0.6) is 0 Å². The van der Waals surface area contributed by atoms with Crippen LogP contribution in [0.25, 0.3) is 0 Å². The maximum atomic E-state index is 5.71. The van der Waals surface area contributed by atoms with E-state index in [0.717, 1.165) is 38.1 Å². The van der Waals surface area contributed by atoms with Crippen molar-refractivity contribution in [2.24, 2.45) is 11.8 Å². The van der Waals surface area contributed by atoms with Crippen molar-refractivity contribution in [2.75, 3.05) is 39.3 Å². The lowest BCUT2D eigenvalue weighted by atomic mass is 9.80. The molecule has 0 aromatic heterocycles. The zero-order chi connectivity index (χ0) is 14.5. The number of hydroxylamine groups is 2. The van der Waals surface area contributed by atoms with Gasteiger partial charge in [0.15, 0.2) is 0 Å². The Balaban J connectivity index is 1.56. The monoisotopic (exact) mass is 284 g/mol. The maximum absolute atomic E-state index is 5.71. The Morgan fingerprint density at radius 3 is 2.15 bits per heavy atom. The topological polar surface area (TPSA) is 24.9 Å². The first kappa shape index (κ1) is 16.2. The fourth-order valence-corrected chi connectivity index (χ4v) is 3.22. The van der Waals surface area contributed by atoms with E-state index < -0.39 is 0 Å². The molecule has 2 aliphatic rings. The highest BCUT2D eigenvalue weighted by atomic mass is 16.7. The Morgan fingerprint density at radius 1 is 0.950 bits per heavy atom. The van der Waals surface area contributed by atoms with Crippen LogP contribution in [0.4, 0.5) is 0 Å². The van der Waals surface area contributed by atoms with Gasteiger partial charge in [-0.25, -0.2) is 0 Å². The van der Waals surface area contributed by atoms with Crippen molar-refractivity contribution in [3.63, 3.8) is 0 Å². The zero-order valence-corrected chi connectivity index (χ0v) is 13.7. The van der Waals surface area contributed by atoms with Gasteiger partial charge in [0.25, 0.3) is 0 Å². The van der Waals surface area contributed by atoms with Gasteiger partial charge in [0.05, 0.1) is 18.8 Å². The lowest BCUT2D eigenvalue weighted by Crippen LogP contribution is -2.52. The first-order valence-corrected chi connectivity index (χ1v) is 8.30. The van der Waals surface area contributed by atoms with Crippen molar-refractivity contribution in [3.8, 4) is 0 Å². The van der Waals surface area contributed by atoms with Crippen LogP contribution >= 0.6 is 0 Å². The molecule has 0 aromatic rings. The smallest absolute Gasteiger partial charge is 0.0737 e. The van der Waals surface area contributed by atoms with Crippen LogP contribution in [0.2, 0.25) is 0 Å². The molecule has 2 heterocycles. The van der Waals surface area contributed by atoms with Gasteiger partial charge in [0, 0.05) is 19.6 Å². The molecule has 0 atom stereocenters. The molecule has 4 nitrogen and oxygen atoms in total. The second-order valence-corrected chi connectivity index (χ2v) is 6.86. The van der Waals surface area contributed by atoms with E-state index in [0.29, 0.717) is 12.2 Å². The summed E-state index contributed by atoms with van der Waals surface area (Å²) < 4.78 is 5.64. The van der Waals surface area contributed by atoms with Crippen LogP contribution in [-0.2, 0) is 9.57 Å². The van der Waals surface area contributed by atoms with E-state index in [1.54, 1.807) is 0 Å². The van der Waals surface area contributed by atoms with Crippen molar-refractivity contribution in [3.05, 3.63) is 0 Å². The van der Waals surface area contributed by atoms with Crippen LogP contribution in [0.3, 0.4) is 0 Å². The van der Waals surface area contributed by atoms with Crippen molar-refractivity contribution in [1.29, 1.82) is 0 Å². The minimum Gasteiger partial charge on any atom is -0.377 e. The number of rotatable bonds is 7. The number of piperidine rings is 1.